The molecule has 0 spiro atoms. The molecule has 1 aliphatic rings. The Kier molecular flexibility index (Phi) is 5.57. The smallest absolute Gasteiger partial charge is 0.321 e. The Hall–Kier alpha value is -2.08. The number of rotatable bonds is 6. The summed E-state index contributed by atoms with van der Waals surface area (Å²) in [4.78, 5) is 23.0. The molecule has 2 rings (SSSR count). The molecule has 0 saturated carbocycles. The molecule has 6 heteroatoms. The zero-order chi connectivity index (χ0) is 15.1. The number of amides is 3. The summed E-state index contributed by atoms with van der Waals surface area (Å²) in [5.41, 5.74) is 3.64. The zero-order valence-electron chi connectivity index (χ0n) is 12.2. The molecule has 3 N–H and O–H groups in total. The van der Waals surface area contributed by atoms with Crippen molar-refractivity contribution in [1.82, 2.24) is 10.6 Å². The van der Waals surface area contributed by atoms with Crippen molar-refractivity contribution < 1.29 is 14.3 Å². The fraction of sp³-hybridized carbons (Fsp3) is 0.467. The summed E-state index contributed by atoms with van der Waals surface area (Å²) in [5.74, 6) is -0.370. The number of carbonyl (C=O) groups is 2. The highest BCUT2D eigenvalue weighted by Gasteiger charge is 2.11. The molecule has 0 aromatic heterocycles. The van der Waals surface area contributed by atoms with Gasteiger partial charge in [0.15, 0.2) is 0 Å². The molecular formula is C15H21N3O3. The molecule has 0 unspecified atom stereocenters. The molecular weight excluding hydrogens is 270 g/mol. The van der Waals surface area contributed by atoms with E-state index in [1.807, 2.05) is 6.07 Å². The third kappa shape index (κ3) is 4.75. The number of methoxy groups -OCH3 is 1. The quantitative estimate of drug-likeness (QED) is 0.685. The molecule has 0 saturated heterocycles. The van der Waals surface area contributed by atoms with Gasteiger partial charge in [-0.3, -0.25) is 10.1 Å². The molecule has 114 valence electrons. The van der Waals surface area contributed by atoms with Crippen LogP contribution in [0.3, 0.4) is 0 Å². The number of ether oxygens (including phenoxy) is 1. The van der Waals surface area contributed by atoms with Crippen molar-refractivity contribution in [1.29, 1.82) is 0 Å². The van der Waals surface area contributed by atoms with E-state index in [1.165, 1.54) is 17.5 Å². The summed E-state index contributed by atoms with van der Waals surface area (Å²) in [6, 6.07) is 5.64. The van der Waals surface area contributed by atoms with E-state index in [2.05, 4.69) is 28.1 Å². The second-order valence-electron chi connectivity index (χ2n) is 4.99. The standard InChI is InChI=1S/C15H21N3O3/c1-21-8-7-16-15(20)18-14(19)10-17-13-6-5-11-3-2-4-12(11)9-13/h5-6,9,17H,2-4,7-8,10H2,1H3,(H2,16,18,19,20). The van der Waals surface area contributed by atoms with E-state index >= 15 is 0 Å². The third-order valence-corrected chi connectivity index (χ3v) is 3.40. The largest absolute Gasteiger partial charge is 0.383 e. The molecule has 0 aliphatic heterocycles. The van der Waals surface area contributed by atoms with E-state index < -0.39 is 6.03 Å². The monoisotopic (exact) mass is 291 g/mol. The van der Waals surface area contributed by atoms with Crippen LogP contribution in [0.25, 0.3) is 0 Å². The molecule has 6 nitrogen and oxygen atoms in total. The van der Waals surface area contributed by atoms with E-state index in [9.17, 15) is 9.59 Å². The van der Waals surface area contributed by atoms with E-state index in [0.29, 0.717) is 13.2 Å². The van der Waals surface area contributed by atoms with E-state index in [1.54, 1.807) is 7.11 Å². The SMILES string of the molecule is COCCNC(=O)NC(=O)CNc1ccc2c(c1)CCC2. The molecule has 21 heavy (non-hydrogen) atoms. The lowest BCUT2D eigenvalue weighted by Gasteiger charge is -2.09. The number of carbonyl (C=O) groups excluding carboxylic acids is 2. The first kappa shape index (κ1) is 15.3. The Bertz CT molecular complexity index is 517. The predicted molar refractivity (Wildman–Crippen MR) is 80.4 cm³/mol. The molecule has 0 heterocycles. The van der Waals surface area contributed by atoms with Crippen LogP contribution in [-0.4, -0.2) is 38.7 Å². The number of fused-ring (bicyclic) bond motifs is 1. The first-order valence-electron chi connectivity index (χ1n) is 7.11. The van der Waals surface area contributed by atoms with Crippen LogP contribution >= 0.6 is 0 Å². The summed E-state index contributed by atoms with van der Waals surface area (Å²) < 4.78 is 4.80. The zero-order valence-corrected chi connectivity index (χ0v) is 12.2. The highest BCUT2D eigenvalue weighted by Crippen LogP contribution is 2.24. The average molecular weight is 291 g/mol. The molecule has 0 fully saturated rings. The van der Waals surface area contributed by atoms with Crippen LogP contribution in [0.1, 0.15) is 17.5 Å². The lowest BCUT2D eigenvalue weighted by Crippen LogP contribution is -2.42. The van der Waals surface area contributed by atoms with Crippen LogP contribution in [0, 0.1) is 0 Å². The Labute approximate surface area is 124 Å². The highest BCUT2D eigenvalue weighted by molar-refractivity contribution is 5.96. The van der Waals surface area contributed by atoms with Crippen LogP contribution < -0.4 is 16.0 Å². The van der Waals surface area contributed by atoms with Crippen LogP contribution in [0.4, 0.5) is 10.5 Å². The Morgan fingerprint density at radius 1 is 1.24 bits per heavy atom. The Balaban J connectivity index is 1.72. The summed E-state index contributed by atoms with van der Waals surface area (Å²) >= 11 is 0. The van der Waals surface area contributed by atoms with Crippen molar-refractivity contribution in [2.75, 3.05) is 32.1 Å². The van der Waals surface area contributed by atoms with Crippen LogP contribution in [-0.2, 0) is 22.4 Å². The third-order valence-electron chi connectivity index (χ3n) is 3.40. The van der Waals surface area contributed by atoms with Gasteiger partial charge in [0.2, 0.25) is 5.91 Å². The van der Waals surface area contributed by atoms with Gasteiger partial charge in [0, 0.05) is 19.3 Å². The number of benzene rings is 1. The first-order chi connectivity index (χ1) is 10.2. The number of nitrogens with one attached hydrogen (secondary N) is 3. The molecule has 1 aliphatic carbocycles. The van der Waals surface area contributed by atoms with Crippen LogP contribution in [0.2, 0.25) is 0 Å². The van der Waals surface area contributed by atoms with E-state index in [0.717, 1.165) is 18.5 Å². The number of urea groups is 1. The summed E-state index contributed by atoms with van der Waals surface area (Å²) in [7, 11) is 1.55. The minimum Gasteiger partial charge on any atom is -0.383 e. The molecule has 0 atom stereocenters. The van der Waals surface area contributed by atoms with Crippen molar-refractivity contribution in [3.05, 3.63) is 29.3 Å². The van der Waals surface area contributed by atoms with Crippen molar-refractivity contribution in [3.8, 4) is 0 Å². The van der Waals surface area contributed by atoms with Crippen LogP contribution in [0.5, 0.6) is 0 Å². The van der Waals surface area contributed by atoms with Crippen molar-refractivity contribution >= 4 is 17.6 Å². The fourth-order valence-corrected chi connectivity index (χ4v) is 2.35. The Morgan fingerprint density at radius 2 is 2.05 bits per heavy atom. The maximum Gasteiger partial charge on any atom is 0.321 e. The summed E-state index contributed by atoms with van der Waals surface area (Å²) in [6.07, 6.45) is 3.43. The molecule has 0 bridgehead atoms. The Morgan fingerprint density at radius 3 is 2.86 bits per heavy atom. The average Bonchev–Trinajstić information content (AvgIpc) is 2.93. The van der Waals surface area contributed by atoms with Gasteiger partial charge < -0.3 is 15.4 Å². The topological polar surface area (TPSA) is 79.5 Å². The van der Waals surface area contributed by atoms with E-state index in [4.69, 9.17) is 4.74 Å². The second-order valence-corrected chi connectivity index (χ2v) is 4.99. The van der Waals surface area contributed by atoms with Crippen molar-refractivity contribution in [2.24, 2.45) is 0 Å². The molecule has 1 aromatic rings. The van der Waals surface area contributed by atoms with Gasteiger partial charge in [-0.15, -0.1) is 0 Å². The second kappa shape index (κ2) is 7.64. The maximum atomic E-state index is 11.6. The number of aryl methyl sites for hydroxylation is 2. The summed E-state index contributed by atoms with van der Waals surface area (Å²) in [6.45, 7) is 0.847. The van der Waals surface area contributed by atoms with Gasteiger partial charge >= 0.3 is 6.03 Å². The summed E-state index contributed by atoms with van der Waals surface area (Å²) in [5, 5.41) is 7.81. The fourth-order valence-electron chi connectivity index (χ4n) is 2.35. The van der Waals surface area contributed by atoms with Crippen LogP contribution in [0.15, 0.2) is 18.2 Å². The van der Waals surface area contributed by atoms with Gasteiger partial charge in [0.1, 0.15) is 0 Å². The molecule has 0 radical (unpaired) electrons. The highest BCUT2D eigenvalue weighted by atomic mass is 16.5. The van der Waals surface area contributed by atoms with E-state index in [-0.39, 0.29) is 12.5 Å². The normalized spacial score (nSPS) is 12.6. The first-order valence-corrected chi connectivity index (χ1v) is 7.11. The van der Waals surface area contributed by atoms with Gasteiger partial charge in [-0.05, 0) is 42.5 Å². The lowest BCUT2D eigenvalue weighted by molar-refractivity contribution is -0.118. The number of imide groups is 1. The van der Waals surface area contributed by atoms with Gasteiger partial charge in [0.25, 0.3) is 0 Å². The predicted octanol–water partition coefficient (Wildman–Crippen LogP) is 1.06. The number of hydrogen-bond acceptors (Lipinski definition) is 4. The van der Waals surface area contributed by atoms with Crippen molar-refractivity contribution in [2.45, 2.75) is 19.3 Å². The number of hydrogen-bond donors (Lipinski definition) is 3. The van der Waals surface area contributed by atoms with Gasteiger partial charge in [-0.2, -0.15) is 0 Å². The lowest BCUT2D eigenvalue weighted by atomic mass is 10.1. The van der Waals surface area contributed by atoms with Gasteiger partial charge in [0.05, 0.1) is 13.2 Å². The minimum absolute atomic E-state index is 0.0660. The van der Waals surface area contributed by atoms with Gasteiger partial charge in [-0.1, -0.05) is 6.07 Å². The minimum atomic E-state index is -0.507. The maximum absolute atomic E-state index is 11.6. The molecule has 3 amide bonds. The number of anilines is 1. The molecule has 1 aromatic carbocycles. The van der Waals surface area contributed by atoms with Crippen molar-refractivity contribution in [3.63, 3.8) is 0 Å². The van der Waals surface area contributed by atoms with Gasteiger partial charge in [-0.25, -0.2) is 4.79 Å².